The van der Waals surface area contributed by atoms with Crippen molar-refractivity contribution in [1.29, 1.82) is 0 Å². The molecule has 1 N–H and O–H groups in total. The van der Waals surface area contributed by atoms with E-state index in [4.69, 9.17) is 4.42 Å². The van der Waals surface area contributed by atoms with Gasteiger partial charge in [0.2, 0.25) is 5.91 Å². The number of hydrogen-bond acceptors (Lipinski definition) is 8. The van der Waals surface area contributed by atoms with Crippen molar-refractivity contribution < 1.29 is 18.8 Å². The van der Waals surface area contributed by atoms with Crippen LogP contribution in [0.5, 0.6) is 0 Å². The average Bonchev–Trinajstić information content (AvgIpc) is 3.63. The molecule has 6 rings (SSSR count). The number of imide groups is 1. The Kier molecular flexibility index (Phi) is 6.92. The van der Waals surface area contributed by atoms with Gasteiger partial charge in [-0.1, -0.05) is 24.3 Å². The van der Waals surface area contributed by atoms with E-state index in [2.05, 4.69) is 14.9 Å². The summed E-state index contributed by atoms with van der Waals surface area (Å²) in [4.78, 5) is 51.5. The van der Waals surface area contributed by atoms with Crippen LogP contribution in [0.3, 0.4) is 0 Å². The largest absolute Gasteiger partial charge is 0.450 e. The van der Waals surface area contributed by atoms with E-state index in [0.29, 0.717) is 42.2 Å². The summed E-state index contributed by atoms with van der Waals surface area (Å²) in [5.41, 5.74) is 4.08. The Morgan fingerprint density at radius 1 is 1.08 bits per heavy atom. The standard InChI is InChI=1S/C28H25N5O4S2/c1-18-7-9-21-22(15-18)30-27(29-21)39-25-10-8-20(37-25)16-23-26(35)33(28(36)38-23)17-24(34)32-13-11-31(12-14-32)19-5-3-2-4-6-19/h2-10,15-16H,11-14,17H2,1H3,(H,29,30)/b23-16+. The molecule has 0 spiro atoms. The number of anilines is 1. The van der Waals surface area contributed by atoms with Crippen LogP contribution in [-0.4, -0.2) is 69.5 Å². The number of aromatic amines is 1. The highest BCUT2D eigenvalue weighted by molar-refractivity contribution is 8.18. The van der Waals surface area contributed by atoms with E-state index in [0.717, 1.165) is 38.9 Å². The predicted molar refractivity (Wildman–Crippen MR) is 152 cm³/mol. The third-order valence-corrected chi connectivity index (χ3v) is 8.32. The summed E-state index contributed by atoms with van der Waals surface area (Å²) in [6.07, 6.45) is 1.54. The van der Waals surface area contributed by atoms with Crippen molar-refractivity contribution in [3.63, 3.8) is 0 Å². The highest BCUT2D eigenvalue weighted by atomic mass is 32.2. The van der Waals surface area contributed by atoms with E-state index >= 15 is 0 Å². The lowest BCUT2D eigenvalue weighted by Crippen LogP contribution is -2.51. The number of para-hydroxylation sites is 1. The van der Waals surface area contributed by atoms with Gasteiger partial charge < -0.3 is 19.2 Å². The first kappa shape index (κ1) is 25.3. The molecule has 9 nitrogen and oxygen atoms in total. The van der Waals surface area contributed by atoms with Gasteiger partial charge in [0.25, 0.3) is 11.1 Å². The fourth-order valence-electron chi connectivity index (χ4n) is 4.56. The van der Waals surface area contributed by atoms with E-state index in [1.807, 2.05) is 55.5 Å². The van der Waals surface area contributed by atoms with E-state index in [9.17, 15) is 14.4 Å². The molecule has 2 aromatic carbocycles. The second-order valence-electron chi connectivity index (χ2n) is 9.29. The molecular weight excluding hydrogens is 534 g/mol. The second kappa shape index (κ2) is 10.7. The summed E-state index contributed by atoms with van der Waals surface area (Å²) in [7, 11) is 0. The number of thioether (sulfide) groups is 1. The number of hydrogen-bond donors (Lipinski definition) is 1. The topological polar surface area (TPSA) is 103 Å². The van der Waals surface area contributed by atoms with Crippen molar-refractivity contribution in [2.24, 2.45) is 0 Å². The molecule has 3 amide bonds. The monoisotopic (exact) mass is 559 g/mol. The third-order valence-electron chi connectivity index (χ3n) is 6.61. The first-order valence-corrected chi connectivity index (χ1v) is 14.1. The first-order valence-electron chi connectivity index (χ1n) is 12.5. The molecule has 0 saturated carbocycles. The number of aromatic nitrogens is 2. The summed E-state index contributed by atoms with van der Waals surface area (Å²) in [5, 5.41) is 0.835. The Bertz CT molecular complexity index is 1590. The van der Waals surface area contributed by atoms with Gasteiger partial charge in [0.05, 0.1) is 15.9 Å². The quantitative estimate of drug-likeness (QED) is 0.329. The van der Waals surface area contributed by atoms with Crippen molar-refractivity contribution in [3.05, 3.63) is 76.9 Å². The van der Waals surface area contributed by atoms with E-state index in [1.54, 1.807) is 23.1 Å². The van der Waals surface area contributed by atoms with Gasteiger partial charge in [-0.05, 0) is 72.4 Å². The number of carbonyl (C=O) groups excluding carboxylic acids is 3. The normalized spacial score (nSPS) is 17.2. The molecule has 0 atom stereocenters. The molecule has 2 aliphatic rings. The lowest BCUT2D eigenvalue weighted by Gasteiger charge is -2.36. The second-order valence-corrected chi connectivity index (χ2v) is 11.3. The van der Waals surface area contributed by atoms with Crippen LogP contribution in [0.4, 0.5) is 10.5 Å². The Hall–Kier alpha value is -3.96. The molecule has 11 heteroatoms. The van der Waals surface area contributed by atoms with Gasteiger partial charge in [-0.15, -0.1) is 0 Å². The molecule has 0 aliphatic carbocycles. The number of rotatable bonds is 6. The molecule has 0 unspecified atom stereocenters. The minimum atomic E-state index is -0.487. The lowest BCUT2D eigenvalue weighted by atomic mass is 10.2. The van der Waals surface area contributed by atoms with Crippen molar-refractivity contribution >= 4 is 63.4 Å². The zero-order chi connectivity index (χ0) is 26.9. The number of benzene rings is 2. The summed E-state index contributed by atoms with van der Waals surface area (Å²) in [6, 6.07) is 19.6. The van der Waals surface area contributed by atoms with Crippen molar-refractivity contribution in [2.75, 3.05) is 37.6 Å². The smallest absolute Gasteiger partial charge is 0.294 e. The molecule has 2 aromatic heterocycles. The molecule has 2 aliphatic heterocycles. The Morgan fingerprint density at radius 2 is 1.87 bits per heavy atom. The fourth-order valence-corrected chi connectivity index (χ4v) is 6.15. The van der Waals surface area contributed by atoms with Gasteiger partial charge in [0.1, 0.15) is 12.3 Å². The minimum absolute atomic E-state index is 0.229. The highest BCUT2D eigenvalue weighted by Gasteiger charge is 2.37. The average molecular weight is 560 g/mol. The summed E-state index contributed by atoms with van der Waals surface area (Å²) < 4.78 is 5.86. The summed E-state index contributed by atoms with van der Waals surface area (Å²) in [5.74, 6) is -0.276. The molecule has 198 valence electrons. The SMILES string of the molecule is Cc1ccc2nc(Sc3ccc(/C=C4/SC(=O)N(CC(=O)N5CCN(c6ccccc6)CC5)C4=O)o3)[nH]c2c1. The van der Waals surface area contributed by atoms with E-state index < -0.39 is 11.1 Å². The van der Waals surface area contributed by atoms with Crippen LogP contribution >= 0.6 is 23.5 Å². The maximum atomic E-state index is 13.0. The number of imidazole rings is 1. The van der Waals surface area contributed by atoms with Crippen LogP contribution in [0.2, 0.25) is 0 Å². The zero-order valence-electron chi connectivity index (χ0n) is 21.1. The third kappa shape index (κ3) is 5.45. The number of fused-ring (bicyclic) bond motifs is 1. The number of aryl methyl sites for hydroxylation is 1. The first-order chi connectivity index (χ1) is 18.9. The maximum Gasteiger partial charge on any atom is 0.294 e. The Balaban J connectivity index is 1.06. The molecular formula is C28H25N5O4S2. The Morgan fingerprint density at radius 3 is 2.67 bits per heavy atom. The number of carbonyl (C=O) groups is 3. The fraction of sp³-hybridized carbons (Fsp3) is 0.214. The number of furan rings is 1. The van der Waals surface area contributed by atoms with Crippen LogP contribution in [0.25, 0.3) is 17.1 Å². The molecule has 4 heterocycles. The van der Waals surface area contributed by atoms with Crippen molar-refractivity contribution in [3.8, 4) is 0 Å². The van der Waals surface area contributed by atoms with E-state index in [-0.39, 0.29) is 17.4 Å². The van der Waals surface area contributed by atoms with Crippen molar-refractivity contribution in [1.82, 2.24) is 19.8 Å². The highest BCUT2D eigenvalue weighted by Crippen LogP contribution is 2.34. The van der Waals surface area contributed by atoms with Crippen LogP contribution < -0.4 is 4.90 Å². The molecule has 2 saturated heterocycles. The molecule has 2 fully saturated rings. The van der Waals surface area contributed by atoms with Crippen LogP contribution in [-0.2, 0) is 9.59 Å². The van der Waals surface area contributed by atoms with Gasteiger partial charge in [0, 0.05) is 37.9 Å². The number of piperazine rings is 1. The number of nitrogens with one attached hydrogen (secondary N) is 1. The van der Waals surface area contributed by atoms with E-state index in [1.165, 1.54) is 11.8 Å². The van der Waals surface area contributed by atoms with Crippen molar-refractivity contribution in [2.45, 2.75) is 17.2 Å². The molecule has 39 heavy (non-hydrogen) atoms. The maximum absolute atomic E-state index is 13.0. The van der Waals surface area contributed by atoms with Crippen LogP contribution in [0.1, 0.15) is 11.3 Å². The Labute approximate surface area is 233 Å². The summed E-state index contributed by atoms with van der Waals surface area (Å²) in [6.45, 7) is 4.23. The van der Waals surface area contributed by atoms with Crippen LogP contribution in [0.15, 0.2) is 80.2 Å². The molecule has 0 radical (unpaired) electrons. The van der Waals surface area contributed by atoms with Gasteiger partial charge in [0.15, 0.2) is 10.2 Å². The predicted octanol–water partition coefficient (Wildman–Crippen LogP) is 5.00. The van der Waals surface area contributed by atoms with Gasteiger partial charge in [-0.2, -0.15) is 0 Å². The summed E-state index contributed by atoms with van der Waals surface area (Å²) >= 11 is 2.15. The molecule has 4 aromatic rings. The zero-order valence-corrected chi connectivity index (χ0v) is 22.8. The number of nitrogens with zero attached hydrogens (tertiary/aromatic N) is 4. The molecule has 0 bridgehead atoms. The van der Waals surface area contributed by atoms with Gasteiger partial charge >= 0.3 is 0 Å². The van der Waals surface area contributed by atoms with Gasteiger partial charge in [-0.3, -0.25) is 19.3 Å². The number of amides is 3. The lowest BCUT2D eigenvalue weighted by molar-refractivity contribution is -0.136. The minimum Gasteiger partial charge on any atom is -0.450 e. The van der Waals surface area contributed by atoms with Gasteiger partial charge in [-0.25, -0.2) is 4.98 Å². The van der Waals surface area contributed by atoms with Crippen LogP contribution in [0, 0.1) is 6.92 Å². The number of H-pyrrole nitrogens is 1.